The zero-order valence-electron chi connectivity index (χ0n) is 21.0. The molecule has 3 aromatic rings. The van der Waals surface area contributed by atoms with Gasteiger partial charge in [0.25, 0.3) is 0 Å². The van der Waals surface area contributed by atoms with E-state index in [0.717, 1.165) is 42.9 Å². The van der Waals surface area contributed by atoms with Gasteiger partial charge in [-0.3, -0.25) is 9.80 Å². The van der Waals surface area contributed by atoms with Crippen molar-refractivity contribution in [3.63, 3.8) is 0 Å². The topological polar surface area (TPSA) is 108 Å². The molecule has 0 bridgehead atoms. The summed E-state index contributed by atoms with van der Waals surface area (Å²) in [5.74, 6) is -6.95. The van der Waals surface area contributed by atoms with Gasteiger partial charge in [-0.1, -0.05) is 60.7 Å². The van der Waals surface area contributed by atoms with Crippen LogP contribution in [0.25, 0.3) is 0 Å². The van der Waals surface area contributed by atoms with E-state index in [0.29, 0.717) is 19.3 Å². The number of benzene rings is 3. The van der Waals surface area contributed by atoms with E-state index < -0.39 is 34.9 Å². The molecule has 0 saturated carbocycles. The Labute approximate surface area is 224 Å². The number of hydrogen-bond donors (Lipinski definition) is 1. The van der Waals surface area contributed by atoms with Crippen molar-refractivity contribution in [3.05, 3.63) is 107 Å². The van der Waals surface area contributed by atoms with Crippen molar-refractivity contribution < 1.29 is 33.3 Å². The van der Waals surface area contributed by atoms with Gasteiger partial charge in [0.1, 0.15) is 6.61 Å². The molecule has 39 heavy (non-hydrogen) atoms. The highest BCUT2D eigenvalue weighted by Crippen LogP contribution is 2.31. The van der Waals surface area contributed by atoms with Crippen LogP contribution in [0.15, 0.2) is 84.6 Å². The molecule has 1 fully saturated rings. The number of nitrogens with zero attached hydrogens (tertiary/aromatic N) is 2. The first-order valence-corrected chi connectivity index (χ1v) is 12.4. The largest absolute Gasteiger partial charge is 0.545 e. The third kappa shape index (κ3) is 7.40. The van der Waals surface area contributed by atoms with Crippen molar-refractivity contribution in [2.75, 3.05) is 31.6 Å². The number of rotatable bonds is 11. The summed E-state index contributed by atoms with van der Waals surface area (Å²) in [6.45, 7) is 3.46. The molecule has 0 amide bonds. The van der Waals surface area contributed by atoms with Crippen molar-refractivity contribution in [2.24, 2.45) is 0 Å². The quantitative estimate of drug-likeness (QED) is 0.224. The Kier molecular flexibility index (Phi) is 9.24. The van der Waals surface area contributed by atoms with Gasteiger partial charge in [-0.2, -0.15) is 4.39 Å². The summed E-state index contributed by atoms with van der Waals surface area (Å²) in [7, 11) is 0. The molecule has 3 aromatic carbocycles. The molecule has 1 saturated heterocycles. The normalized spacial score (nSPS) is 15.9. The molecule has 0 spiro atoms. The van der Waals surface area contributed by atoms with Gasteiger partial charge in [0.05, 0.1) is 23.7 Å². The van der Waals surface area contributed by atoms with E-state index in [1.807, 2.05) is 60.7 Å². The maximum atomic E-state index is 14.8. The number of carbonyl (C=O) groups excluding carboxylic acids is 2. The number of aliphatic carboxylic acids is 2. The maximum Gasteiger partial charge on any atom is 0.202 e. The summed E-state index contributed by atoms with van der Waals surface area (Å²) in [4.78, 5) is 26.5. The Bertz CT molecular complexity index is 1310. The standard InChI is InChI=1S/C29H29F2N3O5/c30-24-11-12-25(32-15-23(28(35)36)29(37)38)27(26(24)31)39-19-22-18-33(16-20-7-3-1-4-8-20)13-14-34(22)17-21-9-5-2-6-10-21/h1-12,15,22,32H,13-14,16-19H2,(H,35,36)(H,37,38)/p-2. The van der Waals surface area contributed by atoms with Crippen LogP contribution in [0, 0.1) is 11.6 Å². The van der Waals surface area contributed by atoms with Crippen molar-refractivity contribution in [2.45, 2.75) is 19.1 Å². The fourth-order valence-corrected chi connectivity index (χ4v) is 4.44. The highest BCUT2D eigenvalue weighted by atomic mass is 19.2. The van der Waals surface area contributed by atoms with E-state index >= 15 is 0 Å². The van der Waals surface area contributed by atoms with Gasteiger partial charge in [0, 0.05) is 44.5 Å². The molecule has 8 nitrogen and oxygen atoms in total. The number of hydrogen-bond acceptors (Lipinski definition) is 8. The van der Waals surface area contributed by atoms with E-state index in [-0.39, 0.29) is 18.3 Å². The Morgan fingerprint density at radius 2 is 1.51 bits per heavy atom. The SMILES string of the molecule is O=C([O-])C(=CNc1ccc(F)c(F)c1OCC1CN(Cc2ccccc2)CCN1Cc1ccccc1)C(=O)[O-]. The minimum Gasteiger partial charge on any atom is -0.545 e. The summed E-state index contributed by atoms with van der Waals surface area (Å²) in [5.41, 5.74) is 0.907. The van der Waals surface area contributed by atoms with E-state index in [2.05, 4.69) is 15.1 Å². The van der Waals surface area contributed by atoms with Crippen molar-refractivity contribution >= 4 is 17.6 Å². The first-order chi connectivity index (χ1) is 18.8. The molecule has 1 heterocycles. The van der Waals surface area contributed by atoms with Crippen LogP contribution in [0.5, 0.6) is 5.75 Å². The highest BCUT2D eigenvalue weighted by Gasteiger charge is 2.29. The van der Waals surface area contributed by atoms with Gasteiger partial charge in [-0.25, -0.2) is 4.39 Å². The van der Waals surface area contributed by atoms with Crippen LogP contribution in [0.3, 0.4) is 0 Å². The number of halogens is 2. The smallest absolute Gasteiger partial charge is 0.202 e. The van der Waals surface area contributed by atoms with Gasteiger partial charge in [-0.05, 0) is 23.3 Å². The van der Waals surface area contributed by atoms with Gasteiger partial charge in [0.2, 0.25) is 5.82 Å². The second kappa shape index (κ2) is 13.0. The number of carboxylic acid groups (broad SMARTS) is 2. The molecular formula is C29H27F2N3O5-2. The molecule has 1 N–H and O–H groups in total. The molecule has 0 aliphatic carbocycles. The number of nitrogens with one attached hydrogen (secondary N) is 1. The second-order valence-corrected chi connectivity index (χ2v) is 9.16. The number of ether oxygens (including phenoxy) is 1. The molecule has 0 radical (unpaired) electrons. The predicted octanol–water partition coefficient (Wildman–Crippen LogP) is 1.53. The second-order valence-electron chi connectivity index (χ2n) is 9.16. The molecular weight excluding hydrogens is 508 g/mol. The molecule has 1 atom stereocenters. The van der Waals surface area contributed by atoms with Gasteiger partial charge < -0.3 is 29.9 Å². The third-order valence-electron chi connectivity index (χ3n) is 6.45. The summed E-state index contributed by atoms with van der Waals surface area (Å²) in [5, 5.41) is 24.4. The lowest BCUT2D eigenvalue weighted by Gasteiger charge is -2.41. The molecule has 1 aliphatic heterocycles. The van der Waals surface area contributed by atoms with Gasteiger partial charge in [0.15, 0.2) is 11.6 Å². The average molecular weight is 536 g/mol. The molecule has 4 rings (SSSR count). The van der Waals surface area contributed by atoms with Crippen molar-refractivity contribution in [1.82, 2.24) is 9.80 Å². The lowest BCUT2D eigenvalue weighted by Crippen LogP contribution is -2.54. The molecule has 204 valence electrons. The zero-order valence-corrected chi connectivity index (χ0v) is 21.0. The monoisotopic (exact) mass is 535 g/mol. The van der Waals surface area contributed by atoms with Gasteiger partial charge >= 0.3 is 0 Å². The van der Waals surface area contributed by atoms with Gasteiger partial charge in [-0.15, -0.1) is 0 Å². The number of carboxylic acids is 2. The van der Waals surface area contributed by atoms with Crippen LogP contribution < -0.4 is 20.3 Å². The van der Waals surface area contributed by atoms with E-state index in [1.54, 1.807) is 0 Å². The van der Waals surface area contributed by atoms with Crippen molar-refractivity contribution in [3.8, 4) is 5.75 Å². The van der Waals surface area contributed by atoms with Crippen LogP contribution in [0.2, 0.25) is 0 Å². The fourth-order valence-electron chi connectivity index (χ4n) is 4.44. The molecule has 1 aliphatic rings. The van der Waals surface area contributed by atoms with Crippen molar-refractivity contribution in [1.29, 1.82) is 0 Å². The number of anilines is 1. The van der Waals surface area contributed by atoms with Crippen LogP contribution in [0.4, 0.5) is 14.5 Å². The zero-order chi connectivity index (χ0) is 27.8. The Morgan fingerprint density at radius 1 is 0.897 bits per heavy atom. The summed E-state index contributed by atoms with van der Waals surface area (Å²) < 4.78 is 34.8. The maximum absolute atomic E-state index is 14.8. The minimum absolute atomic E-state index is 0.00921. The minimum atomic E-state index is -2.00. The highest BCUT2D eigenvalue weighted by molar-refractivity contribution is 6.10. The number of carbonyl (C=O) groups is 2. The summed E-state index contributed by atoms with van der Waals surface area (Å²) >= 11 is 0. The fraction of sp³-hybridized carbons (Fsp3) is 0.241. The Morgan fingerprint density at radius 3 is 2.13 bits per heavy atom. The van der Waals surface area contributed by atoms with E-state index in [1.165, 1.54) is 0 Å². The summed E-state index contributed by atoms with van der Waals surface area (Å²) in [6, 6.07) is 21.6. The first-order valence-electron chi connectivity index (χ1n) is 12.4. The first kappa shape index (κ1) is 27.7. The average Bonchev–Trinajstić information content (AvgIpc) is 2.92. The summed E-state index contributed by atoms with van der Waals surface area (Å²) in [6.07, 6.45) is 0.577. The molecule has 10 heteroatoms. The molecule has 0 aromatic heterocycles. The number of piperazine rings is 1. The van der Waals surface area contributed by atoms with Crippen LogP contribution in [-0.4, -0.2) is 54.0 Å². The third-order valence-corrected chi connectivity index (χ3v) is 6.45. The van der Waals surface area contributed by atoms with Crippen LogP contribution in [0.1, 0.15) is 11.1 Å². The lowest BCUT2D eigenvalue weighted by molar-refractivity contribution is -0.312. The van der Waals surface area contributed by atoms with E-state index in [4.69, 9.17) is 4.74 Å². The van der Waals surface area contributed by atoms with Crippen LogP contribution in [-0.2, 0) is 22.7 Å². The Hall–Kier alpha value is -4.28. The Balaban J connectivity index is 1.54. The lowest BCUT2D eigenvalue weighted by atomic mass is 10.1. The van der Waals surface area contributed by atoms with E-state index in [9.17, 15) is 28.6 Å². The predicted molar refractivity (Wildman–Crippen MR) is 136 cm³/mol. The van der Waals surface area contributed by atoms with Crippen LogP contribution >= 0.6 is 0 Å². The molecule has 1 unspecified atom stereocenters.